The summed E-state index contributed by atoms with van der Waals surface area (Å²) >= 11 is 0. The van der Waals surface area contributed by atoms with Gasteiger partial charge >= 0.3 is 5.97 Å². The molecule has 0 aliphatic heterocycles. The van der Waals surface area contributed by atoms with Gasteiger partial charge in [0.1, 0.15) is 18.4 Å². The second-order valence-corrected chi connectivity index (χ2v) is 3.00. The number of carbonyl (C=O) groups is 1. The number of aromatic carboxylic acids is 1. The Labute approximate surface area is 90.5 Å². The van der Waals surface area contributed by atoms with Crippen LogP contribution < -0.4 is 4.74 Å². The van der Waals surface area contributed by atoms with Crippen molar-refractivity contribution < 1.29 is 19.2 Å². The average molecular weight is 220 g/mol. The SMILES string of the molecule is O=C(O)c1ccncc1OCc1cnoc1. The Morgan fingerprint density at radius 1 is 1.50 bits per heavy atom. The Hall–Kier alpha value is -2.37. The molecule has 6 nitrogen and oxygen atoms in total. The molecule has 0 radical (unpaired) electrons. The normalized spacial score (nSPS) is 10.0. The molecule has 1 N–H and O–H groups in total. The Balaban J connectivity index is 2.12. The van der Waals surface area contributed by atoms with Crippen molar-refractivity contribution in [2.45, 2.75) is 6.61 Å². The van der Waals surface area contributed by atoms with Crippen molar-refractivity contribution in [2.24, 2.45) is 0 Å². The summed E-state index contributed by atoms with van der Waals surface area (Å²) in [4.78, 5) is 14.6. The maximum absolute atomic E-state index is 10.8. The molecular formula is C10H8N2O4. The number of nitrogens with zero attached hydrogens (tertiary/aromatic N) is 2. The predicted molar refractivity (Wildman–Crippen MR) is 52.0 cm³/mol. The number of carboxylic acids is 1. The Kier molecular flexibility index (Phi) is 2.81. The van der Waals surface area contributed by atoms with Crippen LogP contribution in [0.4, 0.5) is 0 Å². The van der Waals surface area contributed by atoms with Gasteiger partial charge in [-0.3, -0.25) is 4.98 Å². The third kappa shape index (κ3) is 2.17. The third-order valence-corrected chi connectivity index (χ3v) is 1.89. The Bertz CT molecular complexity index is 481. The fraction of sp³-hybridized carbons (Fsp3) is 0.100. The zero-order valence-electron chi connectivity index (χ0n) is 8.16. The van der Waals surface area contributed by atoms with Crippen LogP contribution in [0.15, 0.2) is 35.4 Å². The van der Waals surface area contributed by atoms with Crippen LogP contribution in [0, 0.1) is 0 Å². The van der Waals surface area contributed by atoms with Crippen LogP contribution in [0.25, 0.3) is 0 Å². The molecule has 0 atom stereocenters. The van der Waals surface area contributed by atoms with Gasteiger partial charge in [-0.15, -0.1) is 0 Å². The highest BCUT2D eigenvalue weighted by Gasteiger charge is 2.10. The van der Waals surface area contributed by atoms with Crippen molar-refractivity contribution >= 4 is 5.97 Å². The summed E-state index contributed by atoms with van der Waals surface area (Å²) in [5.41, 5.74) is 0.798. The van der Waals surface area contributed by atoms with E-state index in [0.717, 1.165) is 5.56 Å². The molecule has 0 aliphatic rings. The highest BCUT2D eigenvalue weighted by molar-refractivity contribution is 5.90. The van der Waals surface area contributed by atoms with Crippen LogP contribution in [0.5, 0.6) is 5.75 Å². The third-order valence-electron chi connectivity index (χ3n) is 1.89. The molecule has 0 amide bonds. The van der Waals surface area contributed by atoms with Gasteiger partial charge in [-0.1, -0.05) is 5.16 Å². The number of ether oxygens (including phenoxy) is 1. The average Bonchev–Trinajstić information content (AvgIpc) is 2.79. The Morgan fingerprint density at radius 3 is 3.06 bits per heavy atom. The van der Waals surface area contributed by atoms with E-state index < -0.39 is 5.97 Å². The minimum absolute atomic E-state index is 0.0754. The molecule has 2 aromatic rings. The highest BCUT2D eigenvalue weighted by atomic mass is 16.5. The molecule has 0 fully saturated rings. The quantitative estimate of drug-likeness (QED) is 0.836. The molecule has 0 spiro atoms. The molecule has 16 heavy (non-hydrogen) atoms. The van der Waals surface area contributed by atoms with Crippen molar-refractivity contribution in [1.29, 1.82) is 0 Å². The van der Waals surface area contributed by atoms with Crippen LogP contribution in [0.2, 0.25) is 0 Å². The summed E-state index contributed by atoms with van der Waals surface area (Å²) in [6, 6.07) is 1.38. The van der Waals surface area contributed by atoms with E-state index in [9.17, 15) is 4.79 Å². The molecule has 0 bridgehead atoms. The first kappa shape index (κ1) is 10.2. The molecule has 0 saturated carbocycles. The summed E-state index contributed by atoms with van der Waals surface area (Å²) in [7, 11) is 0. The molecule has 82 valence electrons. The van der Waals surface area contributed by atoms with Crippen LogP contribution >= 0.6 is 0 Å². The first-order valence-corrected chi connectivity index (χ1v) is 4.45. The van der Waals surface area contributed by atoms with E-state index in [0.29, 0.717) is 0 Å². The minimum atomic E-state index is -1.05. The summed E-state index contributed by atoms with van der Waals surface area (Å²) in [6.07, 6.45) is 5.68. The van der Waals surface area contributed by atoms with Gasteiger partial charge in [-0.2, -0.15) is 0 Å². The van der Waals surface area contributed by atoms with Crippen molar-refractivity contribution in [1.82, 2.24) is 10.1 Å². The number of pyridine rings is 1. The fourth-order valence-electron chi connectivity index (χ4n) is 1.13. The van der Waals surface area contributed by atoms with E-state index in [1.165, 1.54) is 30.9 Å². The lowest BCUT2D eigenvalue weighted by molar-refractivity contribution is 0.0691. The summed E-state index contributed by atoms with van der Waals surface area (Å²) < 4.78 is 9.92. The molecule has 2 heterocycles. The number of aromatic nitrogens is 2. The fourth-order valence-corrected chi connectivity index (χ4v) is 1.13. The first-order chi connectivity index (χ1) is 7.77. The first-order valence-electron chi connectivity index (χ1n) is 4.45. The van der Waals surface area contributed by atoms with E-state index >= 15 is 0 Å². The van der Waals surface area contributed by atoms with Crippen LogP contribution in [-0.2, 0) is 6.61 Å². The Morgan fingerprint density at radius 2 is 2.38 bits per heavy atom. The van der Waals surface area contributed by atoms with Gasteiger partial charge in [0.15, 0.2) is 5.75 Å². The van der Waals surface area contributed by atoms with Crippen LogP contribution in [0.3, 0.4) is 0 Å². The van der Waals surface area contributed by atoms with Gasteiger partial charge in [0, 0.05) is 11.8 Å². The topological polar surface area (TPSA) is 85.5 Å². The second kappa shape index (κ2) is 4.43. The second-order valence-electron chi connectivity index (χ2n) is 3.00. The maximum Gasteiger partial charge on any atom is 0.339 e. The van der Waals surface area contributed by atoms with E-state index in [-0.39, 0.29) is 17.9 Å². The highest BCUT2D eigenvalue weighted by Crippen LogP contribution is 2.17. The number of hydrogen-bond donors (Lipinski definition) is 1. The van der Waals surface area contributed by atoms with Crippen molar-refractivity contribution in [3.8, 4) is 5.75 Å². The summed E-state index contributed by atoms with van der Waals surface area (Å²) in [5.74, 6) is -0.834. The molecule has 6 heteroatoms. The lowest BCUT2D eigenvalue weighted by atomic mass is 10.2. The van der Waals surface area contributed by atoms with Gasteiger partial charge in [0.05, 0.1) is 12.4 Å². The standard InChI is InChI=1S/C10H8N2O4/c13-10(14)8-1-2-11-4-9(8)15-5-7-3-12-16-6-7/h1-4,6H,5H2,(H,13,14). The van der Waals surface area contributed by atoms with Crippen molar-refractivity contribution in [3.63, 3.8) is 0 Å². The predicted octanol–water partition coefficient (Wildman–Crippen LogP) is 1.35. The van der Waals surface area contributed by atoms with E-state index in [4.69, 9.17) is 9.84 Å². The lowest BCUT2D eigenvalue weighted by Crippen LogP contribution is -2.03. The largest absolute Gasteiger partial charge is 0.486 e. The zero-order chi connectivity index (χ0) is 11.4. The molecule has 0 aromatic carbocycles. The monoisotopic (exact) mass is 220 g/mol. The number of carboxylic acid groups (broad SMARTS) is 1. The van der Waals surface area contributed by atoms with Gasteiger partial charge in [-0.25, -0.2) is 4.79 Å². The molecule has 2 aromatic heterocycles. The number of rotatable bonds is 4. The van der Waals surface area contributed by atoms with Gasteiger partial charge in [0.25, 0.3) is 0 Å². The molecule has 2 rings (SSSR count). The lowest BCUT2D eigenvalue weighted by Gasteiger charge is -2.06. The summed E-state index contributed by atoms with van der Waals surface area (Å²) in [6.45, 7) is 0.190. The van der Waals surface area contributed by atoms with E-state index in [2.05, 4.69) is 14.7 Å². The van der Waals surface area contributed by atoms with Gasteiger partial charge in [0.2, 0.25) is 0 Å². The summed E-state index contributed by atoms with van der Waals surface area (Å²) in [5, 5.41) is 12.4. The smallest absolute Gasteiger partial charge is 0.339 e. The molecule has 0 unspecified atom stereocenters. The number of hydrogen-bond acceptors (Lipinski definition) is 5. The molecular weight excluding hydrogens is 212 g/mol. The van der Waals surface area contributed by atoms with Gasteiger partial charge < -0.3 is 14.4 Å². The van der Waals surface area contributed by atoms with E-state index in [1.807, 2.05) is 0 Å². The van der Waals surface area contributed by atoms with Crippen LogP contribution in [-0.4, -0.2) is 21.2 Å². The molecule has 0 saturated heterocycles. The van der Waals surface area contributed by atoms with Crippen molar-refractivity contribution in [3.05, 3.63) is 42.0 Å². The molecule has 0 aliphatic carbocycles. The van der Waals surface area contributed by atoms with E-state index in [1.54, 1.807) is 0 Å². The zero-order valence-corrected chi connectivity index (χ0v) is 8.16. The van der Waals surface area contributed by atoms with Crippen LogP contribution in [0.1, 0.15) is 15.9 Å². The van der Waals surface area contributed by atoms with Gasteiger partial charge in [-0.05, 0) is 6.07 Å². The minimum Gasteiger partial charge on any atom is -0.486 e. The van der Waals surface area contributed by atoms with Crippen molar-refractivity contribution in [2.75, 3.05) is 0 Å². The maximum atomic E-state index is 10.8.